The van der Waals surface area contributed by atoms with E-state index in [2.05, 4.69) is 10.8 Å². The van der Waals surface area contributed by atoms with E-state index in [-0.39, 0.29) is 0 Å². The van der Waals surface area contributed by atoms with E-state index in [0.29, 0.717) is 5.75 Å². The predicted octanol–water partition coefficient (Wildman–Crippen LogP) is 0.944. The molecule has 0 spiro atoms. The first-order valence-corrected chi connectivity index (χ1v) is 2.73. The van der Waals surface area contributed by atoms with Crippen molar-refractivity contribution in [1.82, 2.24) is 0 Å². The lowest BCUT2D eigenvalue weighted by Gasteiger charge is -1.96. The molecule has 0 aliphatic carbocycles. The summed E-state index contributed by atoms with van der Waals surface area (Å²) in [5.74, 6) is 0.343. The number of carbonyl (C=O) groups excluding carboxylic acids is 1. The second kappa shape index (κ2) is 2.87. The molecule has 1 rings (SSSR count). The third-order valence-electron chi connectivity index (χ3n) is 0.891. The largest absolute Gasteiger partial charge is 0.410 e. The first-order valence-electron chi connectivity index (χ1n) is 2.73. The summed E-state index contributed by atoms with van der Waals surface area (Å²) in [6.07, 6.45) is -0.817. The summed E-state index contributed by atoms with van der Waals surface area (Å²) in [6, 6.07) is 9.42. The van der Waals surface area contributed by atoms with Gasteiger partial charge in [-0.05, 0) is 6.07 Å². The van der Waals surface area contributed by atoms with Crippen LogP contribution >= 0.6 is 0 Å². The lowest BCUT2D eigenvalue weighted by atomic mass is 10.3. The Morgan fingerprint density at radius 3 is 2.90 bits per heavy atom. The summed E-state index contributed by atoms with van der Waals surface area (Å²) in [5.41, 5.74) is 4.74. The van der Waals surface area contributed by atoms with Crippen molar-refractivity contribution in [2.75, 3.05) is 0 Å². The minimum atomic E-state index is -0.817. The molecule has 0 bridgehead atoms. The zero-order valence-corrected chi connectivity index (χ0v) is 5.20. The topological polar surface area (TPSA) is 52.3 Å². The first-order chi connectivity index (χ1) is 4.79. The Labute approximate surface area is 58.4 Å². The van der Waals surface area contributed by atoms with Gasteiger partial charge < -0.3 is 10.5 Å². The Morgan fingerprint density at radius 2 is 2.40 bits per heavy atom. The van der Waals surface area contributed by atoms with Crippen LogP contribution in [0.15, 0.2) is 24.3 Å². The number of rotatable bonds is 1. The van der Waals surface area contributed by atoms with Crippen molar-refractivity contribution in [1.29, 1.82) is 0 Å². The van der Waals surface area contributed by atoms with Crippen LogP contribution < -0.4 is 10.5 Å². The molecule has 0 saturated heterocycles. The second-order valence-corrected chi connectivity index (χ2v) is 1.65. The highest BCUT2D eigenvalue weighted by molar-refractivity contribution is 5.67. The monoisotopic (exact) mass is 136 g/mol. The van der Waals surface area contributed by atoms with Gasteiger partial charge in [0.05, 0.1) is 0 Å². The van der Waals surface area contributed by atoms with Gasteiger partial charge in [-0.2, -0.15) is 0 Å². The normalized spacial score (nSPS) is 8.80. The fourth-order valence-electron chi connectivity index (χ4n) is 0.549. The van der Waals surface area contributed by atoms with Crippen LogP contribution in [0.2, 0.25) is 0 Å². The van der Waals surface area contributed by atoms with Gasteiger partial charge in [-0.3, -0.25) is 0 Å². The van der Waals surface area contributed by atoms with Crippen molar-refractivity contribution in [3.63, 3.8) is 0 Å². The van der Waals surface area contributed by atoms with Crippen molar-refractivity contribution >= 4 is 6.09 Å². The van der Waals surface area contributed by atoms with Crippen LogP contribution in [0.5, 0.6) is 5.75 Å². The van der Waals surface area contributed by atoms with Crippen molar-refractivity contribution in [2.45, 2.75) is 0 Å². The third kappa shape index (κ3) is 1.78. The SMILES string of the molecule is NC(=O)Oc1[c]cccc1. The first kappa shape index (κ1) is 6.61. The average molecular weight is 136 g/mol. The van der Waals surface area contributed by atoms with E-state index < -0.39 is 6.09 Å². The predicted molar refractivity (Wildman–Crippen MR) is 35.5 cm³/mol. The summed E-state index contributed by atoms with van der Waals surface area (Å²) < 4.78 is 4.50. The van der Waals surface area contributed by atoms with Crippen molar-refractivity contribution in [2.24, 2.45) is 5.73 Å². The molecule has 3 nitrogen and oxygen atoms in total. The van der Waals surface area contributed by atoms with E-state index in [1.54, 1.807) is 24.3 Å². The molecule has 1 radical (unpaired) electrons. The number of primary amides is 1. The molecule has 2 N–H and O–H groups in total. The maximum Gasteiger partial charge on any atom is 0.409 e. The van der Waals surface area contributed by atoms with E-state index in [4.69, 9.17) is 5.73 Å². The summed E-state index contributed by atoms with van der Waals surface area (Å²) >= 11 is 0. The number of hydrogen-bond donors (Lipinski definition) is 1. The number of hydrogen-bond acceptors (Lipinski definition) is 2. The van der Waals surface area contributed by atoms with Gasteiger partial charge in [0.25, 0.3) is 0 Å². The van der Waals surface area contributed by atoms with Crippen LogP contribution in [0.4, 0.5) is 4.79 Å². The molecule has 0 aliphatic rings. The zero-order chi connectivity index (χ0) is 7.40. The molecule has 1 aromatic rings. The van der Waals surface area contributed by atoms with Crippen LogP contribution in [0.25, 0.3) is 0 Å². The Morgan fingerprint density at radius 1 is 1.60 bits per heavy atom. The zero-order valence-electron chi connectivity index (χ0n) is 5.20. The van der Waals surface area contributed by atoms with Crippen molar-refractivity contribution in [3.05, 3.63) is 30.3 Å². The molecular weight excluding hydrogens is 130 g/mol. The number of ether oxygens (including phenoxy) is 1. The lowest BCUT2D eigenvalue weighted by molar-refractivity contribution is 0.211. The highest BCUT2D eigenvalue weighted by Crippen LogP contribution is 2.06. The molecule has 1 aromatic carbocycles. The minimum absolute atomic E-state index is 0.343. The Kier molecular flexibility index (Phi) is 1.89. The van der Waals surface area contributed by atoms with Crippen LogP contribution in [0.3, 0.4) is 0 Å². The molecule has 0 aromatic heterocycles. The summed E-state index contributed by atoms with van der Waals surface area (Å²) in [7, 11) is 0. The van der Waals surface area contributed by atoms with Crippen molar-refractivity contribution < 1.29 is 9.53 Å². The van der Waals surface area contributed by atoms with E-state index >= 15 is 0 Å². The van der Waals surface area contributed by atoms with E-state index in [0.717, 1.165) is 0 Å². The molecule has 0 heterocycles. The summed E-state index contributed by atoms with van der Waals surface area (Å²) in [4.78, 5) is 10.1. The van der Waals surface area contributed by atoms with Gasteiger partial charge in [-0.15, -0.1) is 0 Å². The van der Waals surface area contributed by atoms with Gasteiger partial charge in [-0.25, -0.2) is 4.79 Å². The fourth-order valence-corrected chi connectivity index (χ4v) is 0.549. The maximum absolute atomic E-state index is 10.1. The summed E-state index contributed by atoms with van der Waals surface area (Å²) in [6.45, 7) is 0. The molecule has 0 atom stereocenters. The second-order valence-electron chi connectivity index (χ2n) is 1.65. The molecule has 0 fully saturated rings. The molecule has 0 unspecified atom stereocenters. The molecular formula is C7H6NO2. The number of carbonyl (C=O) groups is 1. The van der Waals surface area contributed by atoms with Crippen LogP contribution in [0.1, 0.15) is 0 Å². The highest BCUT2D eigenvalue weighted by Gasteiger charge is 1.94. The van der Waals surface area contributed by atoms with E-state index in [1.165, 1.54) is 0 Å². The van der Waals surface area contributed by atoms with Crippen LogP contribution in [-0.2, 0) is 0 Å². The summed E-state index contributed by atoms with van der Waals surface area (Å²) in [5, 5.41) is 0. The quantitative estimate of drug-likeness (QED) is 0.624. The standard InChI is InChI=1S/C7H6NO2/c8-7(9)10-6-4-2-1-3-5-6/h1-4H,(H2,8,9). The van der Waals surface area contributed by atoms with Gasteiger partial charge in [0.15, 0.2) is 0 Å². The molecule has 0 aliphatic heterocycles. The van der Waals surface area contributed by atoms with Gasteiger partial charge >= 0.3 is 6.09 Å². The number of amides is 1. The number of nitrogens with two attached hydrogens (primary N) is 1. The average Bonchev–Trinajstić information content (AvgIpc) is 1.88. The van der Waals surface area contributed by atoms with Crippen LogP contribution in [-0.4, -0.2) is 6.09 Å². The van der Waals surface area contributed by atoms with Gasteiger partial charge in [0, 0.05) is 6.07 Å². The van der Waals surface area contributed by atoms with Gasteiger partial charge in [0.2, 0.25) is 0 Å². The molecule has 0 saturated carbocycles. The fraction of sp³-hybridized carbons (Fsp3) is 0. The lowest BCUT2D eigenvalue weighted by Crippen LogP contribution is -2.16. The maximum atomic E-state index is 10.1. The van der Waals surface area contributed by atoms with E-state index in [1.807, 2.05) is 0 Å². The smallest absolute Gasteiger partial charge is 0.409 e. The Bertz CT molecular complexity index is 220. The van der Waals surface area contributed by atoms with Gasteiger partial charge in [0.1, 0.15) is 5.75 Å². The minimum Gasteiger partial charge on any atom is -0.410 e. The van der Waals surface area contributed by atoms with Crippen LogP contribution in [0, 0.1) is 6.07 Å². The molecule has 51 valence electrons. The van der Waals surface area contributed by atoms with Crippen molar-refractivity contribution in [3.8, 4) is 5.75 Å². The number of para-hydroxylation sites is 1. The van der Waals surface area contributed by atoms with Gasteiger partial charge in [-0.1, -0.05) is 18.2 Å². The Hall–Kier alpha value is -1.51. The third-order valence-corrected chi connectivity index (χ3v) is 0.891. The Balaban J connectivity index is 2.67. The molecule has 1 amide bonds. The molecule has 10 heavy (non-hydrogen) atoms. The highest BCUT2D eigenvalue weighted by atomic mass is 16.5. The van der Waals surface area contributed by atoms with E-state index in [9.17, 15) is 4.79 Å². The number of benzene rings is 1. The molecule has 3 heteroatoms.